The highest BCUT2D eigenvalue weighted by atomic mass is 16.2. The Hall–Kier alpha value is -2.89. The first kappa shape index (κ1) is 19.4. The van der Waals surface area contributed by atoms with Crippen LogP contribution in [0, 0.1) is 0 Å². The summed E-state index contributed by atoms with van der Waals surface area (Å²) in [6.07, 6.45) is 7.34. The standard InChI is InChI=1S/C23H28N4O2/c1-3-20(28)26-14-10-23(11-15-26,19-7-5-4-6-8-19)22(29)27-13-9-18(17-27)21-24-12-16-25(21)2/h3-8,12,16,18H,1,9-11,13-15,17H2,2H3. The van der Waals surface area contributed by atoms with Crippen LogP contribution in [0.15, 0.2) is 55.4 Å². The van der Waals surface area contributed by atoms with Gasteiger partial charge < -0.3 is 14.4 Å². The smallest absolute Gasteiger partial charge is 0.245 e. The van der Waals surface area contributed by atoms with Gasteiger partial charge in [-0.2, -0.15) is 0 Å². The fraction of sp³-hybridized carbons (Fsp3) is 0.435. The van der Waals surface area contributed by atoms with Gasteiger partial charge in [0.05, 0.1) is 5.41 Å². The van der Waals surface area contributed by atoms with E-state index < -0.39 is 5.41 Å². The van der Waals surface area contributed by atoms with Crippen molar-refractivity contribution < 1.29 is 9.59 Å². The number of rotatable bonds is 4. The molecule has 4 rings (SSSR count). The molecule has 0 spiro atoms. The van der Waals surface area contributed by atoms with E-state index >= 15 is 0 Å². The molecular weight excluding hydrogens is 364 g/mol. The third kappa shape index (κ3) is 3.48. The number of imidazole rings is 1. The molecule has 1 atom stereocenters. The van der Waals surface area contributed by atoms with E-state index in [-0.39, 0.29) is 17.7 Å². The molecule has 6 nitrogen and oxygen atoms in total. The first-order valence-corrected chi connectivity index (χ1v) is 10.3. The molecule has 2 aromatic rings. The first-order chi connectivity index (χ1) is 14.0. The molecule has 6 heteroatoms. The van der Waals surface area contributed by atoms with Crippen molar-refractivity contribution in [3.8, 4) is 0 Å². The monoisotopic (exact) mass is 392 g/mol. The molecule has 0 N–H and O–H groups in total. The third-order valence-corrected chi connectivity index (χ3v) is 6.54. The number of hydrogen-bond donors (Lipinski definition) is 0. The SMILES string of the molecule is C=CC(=O)N1CCC(C(=O)N2CCC(c3nccn3C)C2)(c2ccccc2)CC1. The molecule has 3 heterocycles. The van der Waals surface area contributed by atoms with Gasteiger partial charge in [0.25, 0.3) is 0 Å². The topological polar surface area (TPSA) is 58.4 Å². The van der Waals surface area contributed by atoms with Crippen LogP contribution in [0.1, 0.15) is 36.6 Å². The fourth-order valence-corrected chi connectivity index (χ4v) is 4.85. The second kappa shape index (κ2) is 7.85. The molecule has 1 aromatic heterocycles. The summed E-state index contributed by atoms with van der Waals surface area (Å²) in [6.45, 7) is 6.19. The number of amides is 2. The van der Waals surface area contributed by atoms with Gasteiger partial charge in [-0.15, -0.1) is 0 Å². The number of aromatic nitrogens is 2. The lowest BCUT2D eigenvalue weighted by atomic mass is 9.71. The Morgan fingerprint density at radius 1 is 1.14 bits per heavy atom. The first-order valence-electron chi connectivity index (χ1n) is 10.3. The molecule has 1 unspecified atom stereocenters. The molecule has 2 saturated heterocycles. The number of benzene rings is 1. The molecule has 2 aliphatic heterocycles. The molecule has 152 valence electrons. The van der Waals surface area contributed by atoms with Crippen LogP contribution in [0.25, 0.3) is 0 Å². The zero-order valence-corrected chi connectivity index (χ0v) is 17.0. The van der Waals surface area contributed by atoms with E-state index in [0.717, 1.165) is 24.4 Å². The molecule has 2 amide bonds. The Balaban J connectivity index is 1.58. The van der Waals surface area contributed by atoms with Crippen molar-refractivity contribution in [3.63, 3.8) is 0 Å². The maximum Gasteiger partial charge on any atom is 0.245 e. The highest BCUT2D eigenvalue weighted by Crippen LogP contribution is 2.39. The zero-order valence-electron chi connectivity index (χ0n) is 17.0. The second-order valence-electron chi connectivity index (χ2n) is 8.11. The summed E-state index contributed by atoms with van der Waals surface area (Å²) < 4.78 is 2.05. The van der Waals surface area contributed by atoms with Crippen LogP contribution in [0.2, 0.25) is 0 Å². The number of carbonyl (C=O) groups excluding carboxylic acids is 2. The Bertz CT molecular complexity index is 897. The summed E-state index contributed by atoms with van der Waals surface area (Å²) in [5.74, 6) is 1.44. The molecule has 0 radical (unpaired) electrons. The quantitative estimate of drug-likeness (QED) is 0.751. The maximum absolute atomic E-state index is 13.8. The van der Waals surface area contributed by atoms with Gasteiger partial charge in [0.15, 0.2) is 0 Å². The van der Waals surface area contributed by atoms with Crippen molar-refractivity contribution in [2.75, 3.05) is 26.2 Å². The lowest BCUT2D eigenvalue weighted by Crippen LogP contribution is -2.53. The lowest BCUT2D eigenvalue weighted by molar-refractivity contribution is -0.141. The van der Waals surface area contributed by atoms with Crippen LogP contribution < -0.4 is 0 Å². The minimum atomic E-state index is -0.574. The van der Waals surface area contributed by atoms with E-state index in [0.29, 0.717) is 32.5 Å². The number of likely N-dealkylation sites (tertiary alicyclic amines) is 2. The molecule has 29 heavy (non-hydrogen) atoms. The van der Waals surface area contributed by atoms with E-state index in [4.69, 9.17) is 0 Å². The highest BCUT2D eigenvalue weighted by Gasteiger charge is 2.47. The van der Waals surface area contributed by atoms with Crippen molar-refractivity contribution >= 4 is 11.8 Å². The van der Waals surface area contributed by atoms with Crippen LogP contribution in [0.5, 0.6) is 0 Å². The number of piperidine rings is 1. The summed E-state index contributed by atoms with van der Waals surface area (Å²) in [6, 6.07) is 10.1. The molecule has 2 aliphatic rings. The van der Waals surface area contributed by atoms with Gasteiger partial charge in [-0.25, -0.2) is 4.98 Å². The summed E-state index contributed by atoms with van der Waals surface area (Å²) in [4.78, 5) is 34.2. The van der Waals surface area contributed by atoms with Crippen molar-refractivity contribution in [3.05, 3.63) is 66.8 Å². The normalized spacial score (nSPS) is 21.2. The largest absolute Gasteiger partial charge is 0.341 e. The van der Waals surface area contributed by atoms with Crippen molar-refractivity contribution in [2.45, 2.75) is 30.6 Å². The van der Waals surface area contributed by atoms with E-state index in [1.165, 1.54) is 6.08 Å². The highest BCUT2D eigenvalue weighted by molar-refractivity contribution is 5.90. The van der Waals surface area contributed by atoms with Gasteiger partial charge in [-0.3, -0.25) is 9.59 Å². The van der Waals surface area contributed by atoms with Crippen LogP contribution in [0.4, 0.5) is 0 Å². The van der Waals surface area contributed by atoms with Crippen molar-refractivity contribution in [1.82, 2.24) is 19.4 Å². The summed E-state index contributed by atoms with van der Waals surface area (Å²) >= 11 is 0. The van der Waals surface area contributed by atoms with E-state index in [1.807, 2.05) is 47.1 Å². The van der Waals surface area contributed by atoms with Gasteiger partial charge in [0.1, 0.15) is 5.82 Å². The number of carbonyl (C=O) groups is 2. The lowest BCUT2D eigenvalue weighted by Gasteiger charge is -2.42. The zero-order chi connectivity index (χ0) is 20.4. The molecule has 0 saturated carbocycles. The third-order valence-electron chi connectivity index (χ3n) is 6.54. The molecule has 0 aliphatic carbocycles. The van der Waals surface area contributed by atoms with E-state index in [1.54, 1.807) is 4.90 Å². The number of hydrogen-bond acceptors (Lipinski definition) is 3. The van der Waals surface area contributed by atoms with Gasteiger partial charge in [-0.05, 0) is 30.9 Å². The Morgan fingerprint density at radius 3 is 2.48 bits per heavy atom. The van der Waals surface area contributed by atoms with E-state index in [2.05, 4.69) is 23.7 Å². The minimum Gasteiger partial charge on any atom is -0.341 e. The van der Waals surface area contributed by atoms with Crippen molar-refractivity contribution in [2.24, 2.45) is 7.05 Å². The summed E-state index contributed by atoms with van der Waals surface area (Å²) in [7, 11) is 2.00. The average molecular weight is 393 g/mol. The average Bonchev–Trinajstić information content (AvgIpc) is 3.42. The number of aryl methyl sites for hydroxylation is 1. The second-order valence-corrected chi connectivity index (χ2v) is 8.11. The number of nitrogens with zero attached hydrogens (tertiary/aromatic N) is 4. The Morgan fingerprint density at radius 2 is 1.86 bits per heavy atom. The van der Waals surface area contributed by atoms with Gasteiger partial charge in [0, 0.05) is 51.5 Å². The van der Waals surface area contributed by atoms with Crippen LogP contribution in [-0.2, 0) is 22.1 Å². The van der Waals surface area contributed by atoms with Gasteiger partial charge in [0.2, 0.25) is 11.8 Å². The summed E-state index contributed by atoms with van der Waals surface area (Å²) in [5, 5.41) is 0. The van der Waals surface area contributed by atoms with Gasteiger partial charge >= 0.3 is 0 Å². The maximum atomic E-state index is 13.8. The summed E-state index contributed by atoms with van der Waals surface area (Å²) in [5.41, 5.74) is 0.478. The molecule has 2 fully saturated rings. The molecule has 1 aromatic carbocycles. The Labute approximate surface area is 171 Å². The molecule has 0 bridgehead atoms. The minimum absolute atomic E-state index is 0.0601. The van der Waals surface area contributed by atoms with E-state index in [9.17, 15) is 9.59 Å². The predicted octanol–water partition coefficient (Wildman–Crippen LogP) is 2.48. The van der Waals surface area contributed by atoms with Gasteiger partial charge in [-0.1, -0.05) is 36.9 Å². The molecular formula is C23H28N4O2. The van der Waals surface area contributed by atoms with Crippen molar-refractivity contribution in [1.29, 1.82) is 0 Å². The Kier molecular flexibility index (Phi) is 5.26. The van der Waals surface area contributed by atoms with Crippen LogP contribution in [-0.4, -0.2) is 57.3 Å². The fourth-order valence-electron chi connectivity index (χ4n) is 4.85. The predicted molar refractivity (Wildman–Crippen MR) is 111 cm³/mol. The van der Waals surface area contributed by atoms with Crippen LogP contribution in [0.3, 0.4) is 0 Å². The van der Waals surface area contributed by atoms with Crippen LogP contribution >= 0.6 is 0 Å².